The number of hydrogen-bond acceptors (Lipinski definition) is 7. The van der Waals surface area contributed by atoms with E-state index in [1.807, 2.05) is 36.2 Å². The highest BCUT2D eigenvalue weighted by Crippen LogP contribution is 2.24. The van der Waals surface area contributed by atoms with E-state index >= 15 is 0 Å². The van der Waals surface area contributed by atoms with Crippen molar-refractivity contribution in [2.75, 3.05) is 46.9 Å². The summed E-state index contributed by atoms with van der Waals surface area (Å²) in [5.74, 6) is 1.56. The molecule has 0 bridgehead atoms. The van der Waals surface area contributed by atoms with E-state index in [-0.39, 0.29) is 37.0 Å². The molecule has 9 heteroatoms. The largest absolute Gasteiger partial charge is 0.497 e. The number of carbonyl (C=O) groups is 2. The summed E-state index contributed by atoms with van der Waals surface area (Å²) in [6.45, 7) is 3.62. The average molecular weight is 453 g/mol. The van der Waals surface area contributed by atoms with Crippen LogP contribution in [-0.2, 0) is 11.3 Å². The minimum Gasteiger partial charge on any atom is -0.497 e. The van der Waals surface area contributed by atoms with Crippen LogP contribution in [0.25, 0.3) is 11.3 Å². The van der Waals surface area contributed by atoms with Gasteiger partial charge in [0.2, 0.25) is 5.91 Å². The van der Waals surface area contributed by atoms with E-state index in [0.717, 1.165) is 24.4 Å². The zero-order valence-electron chi connectivity index (χ0n) is 18.9. The molecule has 0 saturated carbocycles. The van der Waals surface area contributed by atoms with E-state index in [1.54, 1.807) is 36.5 Å². The van der Waals surface area contributed by atoms with Crippen molar-refractivity contribution in [1.29, 1.82) is 0 Å². The number of rotatable bonds is 8. The van der Waals surface area contributed by atoms with Crippen LogP contribution in [0.15, 0.2) is 57.7 Å². The number of likely N-dealkylation sites (N-methyl/N-ethyl adjacent to an activating group) is 1. The first-order chi connectivity index (χ1) is 16.0. The number of benzene rings is 1. The fourth-order valence-electron chi connectivity index (χ4n) is 3.72. The number of nitrogens with zero attached hydrogens (tertiary/aromatic N) is 4. The lowest BCUT2D eigenvalue weighted by molar-refractivity contribution is -0.133. The van der Waals surface area contributed by atoms with Gasteiger partial charge in [0.25, 0.3) is 5.91 Å². The Bertz CT molecular complexity index is 1050. The monoisotopic (exact) mass is 452 g/mol. The van der Waals surface area contributed by atoms with Crippen LogP contribution >= 0.6 is 0 Å². The van der Waals surface area contributed by atoms with Crippen molar-refractivity contribution in [2.24, 2.45) is 0 Å². The Morgan fingerprint density at radius 1 is 1.12 bits per heavy atom. The van der Waals surface area contributed by atoms with Crippen molar-refractivity contribution in [3.05, 3.63) is 60.2 Å². The second kappa shape index (κ2) is 10.4. The van der Waals surface area contributed by atoms with Crippen molar-refractivity contribution in [1.82, 2.24) is 19.9 Å². The van der Waals surface area contributed by atoms with Crippen LogP contribution in [0, 0.1) is 0 Å². The summed E-state index contributed by atoms with van der Waals surface area (Å²) < 4.78 is 16.0. The molecule has 1 aliphatic rings. The predicted molar refractivity (Wildman–Crippen MR) is 121 cm³/mol. The molecule has 2 aromatic heterocycles. The molecule has 0 unspecified atom stereocenters. The fourth-order valence-corrected chi connectivity index (χ4v) is 3.72. The topological polar surface area (TPSA) is 92.3 Å². The maximum absolute atomic E-state index is 13.3. The van der Waals surface area contributed by atoms with Crippen LogP contribution in [0.1, 0.15) is 22.7 Å². The number of aromatic nitrogens is 1. The van der Waals surface area contributed by atoms with Gasteiger partial charge >= 0.3 is 0 Å². The first-order valence-corrected chi connectivity index (χ1v) is 10.9. The van der Waals surface area contributed by atoms with E-state index in [2.05, 4.69) is 10.1 Å². The first kappa shape index (κ1) is 22.6. The molecule has 174 valence electrons. The van der Waals surface area contributed by atoms with Gasteiger partial charge in [-0.25, -0.2) is 0 Å². The molecule has 33 heavy (non-hydrogen) atoms. The van der Waals surface area contributed by atoms with E-state index in [0.29, 0.717) is 24.6 Å². The predicted octanol–water partition coefficient (Wildman–Crippen LogP) is 2.75. The standard InChI is InChI=1S/C24H28N4O5/c1-26-11-13-27(14-12-26)23(29)9-10-28(17-20-4-3-15-32-20)24(30)21-16-22(33-25-21)18-5-7-19(31-2)8-6-18/h3-8,15-16H,9-14,17H2,1-2H3. The minimum absolute atomic E-state index is 0.0411. The highest BCUT2D eigenvalue weighted by molar-refractivity contribution is 5.93. The molecule has 0 N–H and O–H groups in total. The van der Waals surface area contributed by atoms with Crippen molar-refractivity contribution >= 4 is 11.8 Å². The van der Waals surface area contributed by atoms with Crippen molar-refractivity contribution in [2.45, 2.75) is 13.0 Å². The van der Waals surface area contributed by atoms with Gasteiger partial charge in [-0.2, -0.15) is 0 Å². The summed E-state index contributed by atoms with van der Waals surface area (Å²) in [6, 6.07) is 12.5. The smallest absolute Gasteiger partial charge is 0.276 e. The molecule has 1 aliphatic heterocycles. The van der Waals surface area contributed by atoms with Gasteiger partial charge in [0.05, 0.1) is 19.9 Å². The lowest BCUT2D eigenvalue weighted by Crippen LogP contribution is -2.47. The van der Waals surface area contributed by atoms with Crippen LogP contribution in [-0.4, -0.2) is 78.6 Å². The first-order valence-electron chi connectivity index (χ1n) is 10.9. The van der Waals surface area contributed by atoms with Gasteiger partial charge in [0, 0.05) is 50.8 Å². The van der Waals surface area contributed by atoms with Gasteiger partial charge in [0.15, 0.2) is 11.5 Å². The van der Waals surface area contributed by atoms with E-state index in [4.69, 9.17) is 13.7 Å². The van der Waals surface area contributed by atoms with E-state index in [9.17, 15) is 9.59 Å². The Kier molecular flexibility index (Phi) is 7.09. The lowest BCUT2D eigenvalue weighted by Gasteiger charge is -2.33. The Hall–Kier alpha value is -3.59. The minimum atomic E-state index is -0.318. The molecule has 0 aliphatic carbocycles. The van der Waals surface area contributed by atoms with Crippen LogP contribution in [0.2, 0.25) is 0 Å². The SMILES string of the molecule is COc1ccc(-c2cc(C(=O)N(CCC(=O)N3CCN(C)CC3)Cc3ccco3)no2)cc1. The molecule has 0 spiro atoms. The summed E-state index contributed by atoms with van der Waals surface area (Å²) in [5.41, 5.74) is 0.963. The van der Waals surface area contributed by atoms with Crippen molar-refractivity contribution in [3.63, 3.8) is 0 Å². The van der Waals surface area contributed by atoms with Gasteiger partial charge in [-0.15, -0.1) is 0 Å². The molecule has 1 saturated heterocycles. The summed E-state index contributed by atoms with van der Waals surface area (Å²) in [4.78, 5) is 31.6. The number of amides is 2. The number of hydrogen-bond donors (Lipinski definition) is 0. The number of methoxy groups -OCH3 is 1. The fraction of sp³-hybridized carbons (Fsp3) is 0.375. The van der Waals surface area contributed by atoms with E-state index < -0.39 is 0 Å². The summed E-state index contributed by atoms with van der Waals surface area (Å²) in [6.07, 6.45) is 1.80. The molecule has 3 heterocycles. The lowest BCUT2D eigenvalue weighted by atomic mass is 10.1. The maximum Gasteiger partial charge on any atom is 0.276 e. The second-order valence-electron chi connectivity index (χ2n) is 8.05. The average Bonchev–Trinajstić information content (AvgIpc) is 3.54. The zero-order valence-corrected chi connectivity index (χ0v) is 18.9. The quantitative estimate of drug-likeness (QED) is 0.519. The highest BCUT2D eigenvalue weighted by Gasteiger charge is 2.24. The third kappa shape index (κ3) is 5.61. The summed E-state index contributed by atoms with van der Waals surface area (Å²) in [5, 5.41) is 3.98. The molecular weight excluding hydrogens is 424 g/mol. The Morgan fingerprint density at radius 2 is 1.88 bits per heavy atom. The van der Waals surface area contributed by atoms with Gasteiger partial charge in [0.1, 0.15) is 11.5 Å². The van der Waals surface area contributed by atoms with Crippen molar-refractivity contribution in [3.8, 4) is 17.1 Å². The molecule has 4 rings (SSSR count). The third-order valence-corrected chi connectivity index (χ3v) is 5.77. The maximum atomic E-state index is 13.3. The second-order valence-corrected chi connectivity index (χ2v) is 8.05. The molecule has 0 radical (unpaired) electrons. The third-order valence-electron chi connectivity index (χ3n) is 5.77. The molecule has 0 atom stereocenters. The van der Waals surface area contributed by atoms with Gasteiger partial charge in [-0.1, -0.05) is 5.16 Å². The number of carbonyl (C=O) groups excluding carboxylic acids is 2. The highest BCUT2D eigenvalue weighted by atomic mass is 16.5. The van der Waals surface area contributed by atoms with Crippen LogP contribution < -0.4 is 4.74 Å². The Balaban J connectivity index is 1.45. The summed E-state index contributed by atoms with van der Waals surface area (Å²) >= 11 is 0. The zero-order chi connectivity index (χ0) is 23.2. The molecule has 2 amide bonds. The molecular formula is C24H28N4O5. The summed E-state index contributed by atoms with van der Waals surface area (Å²) in [7, 11) is 3.64. The number of ether oxygens (including phenoxy) is 1. The molecule has 1 aromatic carbocycles. The van der Waals surface area contributed by atoms with Crippen molar-refractivity contribution < 1.29 is 23.3 Å². The Labute approximate surface area is 192 Å². The molecule has 9 nitrogen and oxygen atoms in total. The van der Waals surface area contributed by atoms with E-state index in [1.165, 1.54) is 0 Å². The van der Waals surface area contributed by atoms with Crippen LogP contribution in [0.5, 0.6) is 5.75 Å². The normalized spacial score (nSPS) is 14.3. The van der Waals surface area contributed by atoms with Gasteiger partial charge in [-0.05, 0) is 43.4 Å². The number of piperazine rings is 1. The number of furan rings is 1. The molecule has 3 aromatic rings. The van der Waals surface area contributed by atoms with Crippen LogP contribution in [0.4, 0.5) is 0 Å². The Morgan fingerprint density at radius 3 is 2.55 bits per heavy atom. The van der Waals surface area contributed by atoms with Gasteiger partial charge < -0.3 is 28.4 Å². The van der Waals surface area contributed by atoms with Gasteiger partial charge in [-0.3, -0.25) is 9.59 Å². The van der Waals surface area contributed by atoms with Crippen LogP contribution in [0.3, 0.4) is 0 Å². The molecule has 1 fully saturated rings.